The van der Waals surface area contributed by atoms with Gasteiger partial charge in [0.15, 0.2) is 0 Å². The van der Waals surface area contributed by atoms with Crippen LogP contribution in [0.5, 0.6) is 0 Å². The first-order valence-electron chi connectivity index (χ1n) is 8.80. The maximum Gasteiger partial charge on any atom is 0.213 e. The van der Waals surface area contributed by atoms with Gasteiger partial charge in [0.05, 0.1) is 5.39 Å². The van der Waals surface area contributed by atoms with Crippen molar-refractivity contribution in [1.29, 1.82) is 0 Å². The number of pyridine rings is 1. The van der Waals surface area contributed by atoms with Crippen molar-refractivity contribution in [2.45, 2.75) is 13.8 Å². The van der Waals surface area contributed by atoms with E-state index in [1.165, 1.54) is 34.5 Å². The quantitative estimate of drug-likeness (QED) is 0.408. The zero-order valence-corrected chi connectivity index (χ0v) is 15.3. The van der Waals surface area contributed by atoms with E-state index in [4.69, 9.17) is 0 Å². The number of fused-ring (bicyclic) bond motifs is 1. The van der Waals surface area contributed by atoms with E-state index in [2.05, 4.69) is 74.0 Å². The monoisotopic (exact) mass is 342 g/mol. The number of hydrogen-bond acceptors (Lipinski definition) is 0. The van der Waals surface area contributed by atoms with E-state index in [1.807, 2.05) is 12.1 Å². The van der Waals surface area contributed by atoms with Crippen LogP contribution in [0, 0.1) is 19.7 Å². The van der Waals surface area contributed by atoms with Crippen LogP contribution >= 0.6 is 0 Å². The van der Waals surface area contributed by atoms with E-state index in [9.17, 15) is 4.39 Å². The van der Waals surface area contributed by atoms with Crippen molar-refractivity contribution in [3.63, 3.8) is 0 Å². The molecule has 0 radical (unpaired) electrons. The second kappa shape index (κ2) is 6.38. The van der Waals surface area contributed by atoms with E-state index < -0.39 is 0 Å². The molecular weight excluding hydrogens is 321 g/mol. The molecule has 1 heterocycles. The highest BCUT2D eigenvalue weighted by molar-refractivity contribution is 5.93. The molecule has 0 N–H and O–H groups in total. The third kappa shape index (κ3) is 2.78. The molecule has 0 amide bonds. The van der Waals surface area contributed by atoms with Crippen LogP contribution in [0.25, 0.3) is 33.3 Å². The molecule has 4 rings (SSSR count). The highest BCUT2D eigenvalue weighted by atomic mass is 19.1. The minimum atomic E-state index is -0.211. The van der Waals surface area contributed by atoms with Crippen LogP contribution in [0.15, 0.2) is 72.8 Å². The topological polar surface area (TPSA) is 3.88 Å². The number of rotatable bonds is 2. The van der Waals surface area contributed by atoms with Gasteiger partial charge in [0, 0.05) is 17.7 Å². The van der Waals surface area contributed by atoms with Crippen molar-refractivity contribution in [2.75, 3.05) is 0 Å². The number of halogens is 1. The second-order valence-electron chi connectivity index (χ2n) is 6.84. The van der Waals surface area contributed by atoms with Gasteiger partial charge in [-0.3, -0.25) is 0 Å². The number of aryl methyl sites for hydroxylation is 3. The molecule has 0 aliphatic carbocycles. The zero-order valence-electron chi connectivity index (χ0n) is 15.3. The van der Waals surface area contributed by atoms with Crippen LogP contribution in [0.2, 0.25) is 0 Å². The maximum atomic E-state index is 13.3. The number of aromatic nitrogens is 1. The molecule has 0 atom stereocenters. The van der Waals surface area contributed by atoms with E-state index >= 15 is 0 Å². The van der Waals surface area contributed by atoms with E-state index in [0.29, 0.717) is 0 Å². The average molecular weight is 342 g/mol. The summed E-state index contributed by atoms with van der Waals surface area (Å²) in [5.74, 6) is -0.211. The van der Waals surface area contributed by atoms with Crippen molar-refractivity contribution in [2.24, 2.45) is 7.05 Å². The summed E-state index contributed by atoms with van der Waals surface area (Å²) in [6, 6.07) is 23.9. The lowest BCUT2D eigenvalue weighted by Crippen LogP contribution is -2.32. The molecular formula is C24H21FN+. The van der Waals surface area contributed by atoms with Crippen molar-refractivity contribution in [3.05, 3.63) is 89.7 Å². The fourth-order valence-electron chi connectivity index (χ4n) is 3.59. The summed E-state index contributed by atoms with van der Waals surface area (Å²) in [6.45, 7) is 4.27. The van der Waals surface area contributed by atoms with Gasteiger partial charge < -0.3 is 0 Å². The summed E-state index contributed by atoms with van der Waals surface area (Å²) in [4.78, 5) is 0. The molecule has 0 spiro atoms. The molecule has 0 fully saturated rings. The Kier molecular flexibility index (Phi) is 4.04. The van der Waals surface area contributed by atoms with Crippen LogP contribution in [-0.4, -0.2) is 0 Å². The summed E-state index contributed by atoms with van der Waals surface area (Å²) in [5, 5.41) is 1.16. The Hall–Kier alpha value is -3.00. The van der Waals surface area contributed by atoms with Crippen LogP contribution in [0.3, 0.4) is 0 Å². The second-order valence-corrected chi connectivity index (χ2v) is 6.84. The van der Waals surface area contributed by atoms with E-state index in [1.54, 1.807) is 0 Å². The van der Waals surface area contributed by atoms with Crippen LogP contribution in [0.4, 0.5) is 4.39 Å². The molecule has 3 aromatic carbocycles. The lowest BCUT2D eigenvalue weighted by Gasteiger charge is -2.10. The summed E-state index contributed by atoms with van der Waals surface area (Å²) >= 11 is 0. The molecule has 0 saturated carbocycles. The zero-order chi connectivity index (χ0) is 18.3. The Morgan fingerprint density at radius 2 is 1.54 bits per heavy atom. The molecule has 4 aromatic rings. The van der Waals surface area contributed by atoms with Gasteiger partial charge in [0.25, 0.3) is 0 Å². The van der Waals surface area contributed by atoms with Crippen LogP contribution < -0.4 is 4.57 Å². The van der Waals surface area contributed by atoms with Gasteiger partial charge in [0.1, 0.15) is 12.9 Å². The first-order valence-corrected chi connectivity index (χ1v) is 8.80. The molecule has 0 bridgehead atoms. The lowest BCUT2D eigenvalue weighted by atomic mass is 9.97. The maximum absolute atomic E-state index is 13.3. The minimum Gasteiger partial charge on any atom is -0.207 e. The van der Waals surface area contributed by atoms with Crippen molar-refractivity contribution >= 4 is 10.9 Å². The van der Waals surface area contributed by atoms with Crippen LogP contribution in [0.1, 0.15) is 11.1 Å². The number of hydrogen-bond donors (Lipinski definition) is 0. The predicted molar refractivity (Wildman–Crippen MR) is 105 cm³/mol. The first-order chi connectivity index (χ1) is 12.5. The standard InChI is InChI=1S/C24H21FN/c1-16-7-8-17(2)22(15-16)24-14-13-21-20(5-4-6-23(21)26(24)3)18-9-11-19(25)12-10-18/h4-15H,1-3H3/q+1. The summed E-state index contributed by atoms with van der Waals surface area (Å²) in [6.07, 6.45) is 0. The van der Waals surface area contributed by atoms with Gasteiger partial charge in [-0.2, -0.15) is 4.57 Å². The smallest absolute Gasteiger partial charge is 0.207 e. The predicted octanol–water partition coefficient (Wildman–Crippen LogP) is 5.75. The number of nitrogens with zero attached hydrogens (tertiary/aromatic N) is 1. The fourth-order valence-corrected chi connectivity index (χ4v) is 3.59. The number of benzene rings is 3. The summed E-state index contributed by atoms with van der Waals surface area (Å²) < 4.78 is 15.5. The minimum absolute atomic E-state index is 0.211. The summed E-state index contributed by atoms with van der Waals surface area (Å²) in [5.41, 5.74) is 8.26. The Morgan fingerprint density at radius 3 is 2.31 bits per heavy atom. The van der Waals surface area contributed by atoms with Gasteiger partial charge in [0.2, 0.25) is 11.2 Å². The Morgan fingerprint density at radius 1 is 0.769 bits per heavy atom. The highest BCUT2D eigenvalue weighted by Crippen LogP contribution is 2.30. The molecule has 0 saturated heterocycles. The Balaban J connectivity index is 1.95. The molecule has 0 aliphatic heterocycles. The molecule has 1 aromatic heterocycles. The van der Waals surface area contributed by atoms with Crippen molar-refractivity contribution in [3.8, 4) is 22.4 Å². The lowest BCUT2D eigenvalue weighted by molar-refractivity contribution is -0.633. The summed E-state index contributed by atoms with van der Waals surface area (Å²) in [7, 11) is 2.11. The first kappa shape index (κ1) is 16.5. The van der Waals surface area contributed by atoms with Gasteiger partial charge in [-0.25, -0.2) is 4.39 Å². The van der Waals surface area contributed by atoms with E-state index in [0.717, 1.165) is 22.0 Å². The largest absolute Gasteiger partial charge is 0.213 e. The fraction of sp³-hybridized carbons (Fsp3) is 0.125. The molecule has 0 unspecified atom stereocenters. The molecule has 0 aliphatic rings. The van der Waals surface area contributed by atoms with Gasteiger partial charge in [-0.1, -0.05) is 42.0 Å². The average Bonchev–Trinajstić information content (AvgIpc) is 2.65. The molecule has 1 nitrogen and oxygen atoms in total. The van der Waals surface area contributed by atoms with Gasteiger partial charge in [-0.15, -0.1) is 0 Å². The Labute approximate surface area is 153 Å². The third-order valence-corrected chi connectivity index (χ3v) is 5.04. The van der Waals surface area contributed by atoms with Gasteiger partial charge >= 0.3 is 0 Å². The third-order valence-electron chi connectivity index (χ3n) is 5.04. The van der Waals surface area contributed by atoms with Gasteiger partial charge in [-0.05, 0) is 54.8 Å². The van der Waals surface area contributed by atoms with Crippen molar-refractivity contribution < 1.29 is 8.96 Å². The molecule has 2 heteroatoms. The molecule has 26 heavy (non-hydrogen) atoms. The molecule has 128 valence electrons. The Bertz CT molecular complexity index is 1110. The SMILES string of the molecule is Cc1ccc(C)c(-c2ccc3c(-c4ccc(F)cc4)cccc3[n+]2C)c1. The highest BCUT2D eigenvalue weighted by Gasteiger charge is 2.17. The normalized spacial score (nSPS) is 11.1. The van der Waals surface area contributed by atoms with Crippen molar-refractivity contribution in [1.82, 2.24) is 0 Å². The van der Waals surface area contributed by atoms with E-state index in [-0.39, 0.29) is 5.82 Å². The van der Waals surface area contributed by atoms with Crippen LogP contribution in [-0.2, 0) is 7.05 Å².